The third-order valence-electron chi connectivity index (χ3n) is 4.89. The Kier molecular flexibility index (Phi) is 6.31. The summed E-state index contributed by atoms with van der Waals surface area (Å²) >= 11 is 0. The fourth-order valence-corrected chi connectivity index (χ4v) is 3.21. The predicted molar refractivity (Wildman–Crippen MR) is 130 cm³/mol. The minimum Gasteiger partial charge on any atom is -0.463 e. The lowest BCUT2D eigenvalue weighted by Crippen LogP contribution is -2.07. The van der Waals surface area contributed by atoms with E-state index in [2.05, 4.69) is 13.2 Å². The van der Waals surface area contributed by atoms with E-state index in [1.165, 1.54) is 0 Å². The molecule has 0 N–H and O–H groups in total. The molecule has 166 valence electrons. The van der Waals surface area contributed by atoms with Crippen LogP contribution in [0.1, 0.15) is 13.8 Å². The maximum Gasteiger partial charge on any atom is 0.338 e. The van der Waals surface area contributed by atoms with Gasteiger partial charge in [-0.15, -0.1) is 0 Å². The van der Waals surface area contributed by atoms with Crippen LogP contribution in [0.25, 0.3) is 21.5 Å². The van der Waals surface area contributed by atoms with Crippen molar-refractivity contribution in [3.8, 4) is 23.0 Å². The Bertz CT molecular complexity index is 1370. The number of esters is 1. The van der Waals surface area contributed by atoms with E-state index in [-0.39, 0.29) is 6.79 Å². The van der Waals surface area contributed by atoms with E-state index in [0.29, 0.717) is 22.8 Å². The Morgan fingerprint density at radius 3 is 1.67 bits per heavy atom. The van der Waals surface area contributed by atoms with Crippen LogP contribution in [0.2, 0.25) is 0 Å². The summed E-state index contributed by atoms with van der Waals surface area (Å²) in [6, 6.07) is 22.9. The van der Waals surface area contributed by atoms with Gasteiger partial charge in [-0.25, -0.2) is 4.79 Å². The molecule has 0 aliphatic carbocycles. The number of fused-ring (bicyclic) bond motifs is 2. The second-order valence-electron chi connectivity index (χ2n) is 7.72. The molecule has 5 nitrogen and oxygen atoms in total. The van der Waals surface area contributed by atoms with E-state index in [1.807, 2.05) is 66.7 Å². The molecule has 0 amide bonds. The molecule has 0 fully saturated rings. The molecule has 0 saturated carbocycles. The number of benzene rings is 4. The van der Waals surface area contributed by atoms with Gasteiger partial charge in [0.2, 0.25) is 6.79 Å². The topological polar surface area (TPSA) is 54.0 Å². The summed E-state index contributed by atoms with van der Waals surface area (Å²) in [5, 5.41) is 3.98. The van der Waals surface area contributed by atoms with Crippen molar-refractivity contribution in [3.05, 3.63) is 97.3 Å². The first-order valence-corrected chi connectivity index (χ1v) is 10.4. The van der Waals surface area contributed by atoms with Gasteiger partial charge in [-0.1, -0.05) is 37.4 Å². The molecule has 5 heteroatoms. The fraction of sp³-hybridized carbons (Fsp3) is 0.107. The van der Waals surface area contributed by atoms with Gasteiger partial charge in [0.1, 0.15) is 23.0 Å². The number of allylic oxidation sites excluding steroid dienone is 1. The third-order valence-corrected chi connectivity index (χ3v) is 4.89. The van der Waals surface area contributed by atoms with Crippen LogP contribution in [0, 0.1) is 0 Å². The highest BCUT2D eigenvalue weighted by Gasteiger charge is 2.07. The molecule has 4 aromatic carbocycles. The molecular weight excluding hydrogens is 416 g/mol. The first-order valence-electron chi connectivity index (χ1n) is 10.4. The SMILES string of the molecule is C=C(C)OCOc1ccc2cc(Oc3ccc4cc(OC(=O)C(=C)C)ccc4c3)ccc2c1. The maximum atomic E-state index is 11.7. The predicted octanol–water partition coefficient (Wildman–Crippen LogP) is 7.15. The minimum atomic E-state index is -0.440. The zero-order valence-corrected chi connectivity index (χ0v) is 18.6. The molecule has 0 spiro atoms. The van der Waals surface area contributed by atoms with Gasteiger partial charge in [0.15, 0.2) is 0 Å². The monoisotopic (exact) mass is 440 g/mol. The lowest BCUT2D eigenvalue weighted by molar-refractivity contribution is -0.130. The van der Waals surface area contributed by atoms with Gasteiger partial charge in [-0.2, -0.15) is 0 Å². The molecule has 0 aromatic heterocycles. The van der Waals surface area contributed by atoms with Crippen LogP contribution in [-0.4, -0.2) is 12.8 Å². The van der Waals surface area contributed by atoms with Gasteiger partial charge in [-0.3, -0.25) is 0 Å². The Morgan fingerprint density at radius 2 is 1.15 bits per heavy atom. The molecule has 0 saturated heterocycles. The van der Waals surface area contributed by atoms with Crippen molar-refractivity contribution >= 4 is 27.5 Å². The van der Waals surface area contributed by atoms with Gasteiger partial charge in [0, 0.05) is 5.57 Å². The van der Waals surface area contributed by atoms with Crippen molar-refractivity contribution < 1.29 is 23.7 Å². The molecule has 0 aliphatic rings. The molecule has 4 rings (SSSR count). The molecule has 0 radical (unpaired) electrons. The van der Waals surface area contributed by atoms with Gasteiger partial charge in [0.05, 0.1) is 5.76 Å². The van der Waals surface area contributed by atoms with Gasteiger partial charge in [0.25, 0.3) is 0 Å². The second kappa shape index (κ2) is 9.49. The molecule has 0 atom stereocenters. The van der Waals surface area contributed by atoms with Gasteiger partial charge in [-0.05, 0) is 83.9 Å². The number of carbonyl (C=O) groups is 1. The summed E-state index contributed by atoms with van der Waals surface area (Å²) < 4.78 is 22.2. The molecule has 4 aromatic rings. The van der Waals surface area contributed by atoms with E-state index < -0.39 is 5.97 Å². The van der Waals surface area contributed by atoms with Gasteiger partial charge >= 0.3 is 5.97 Å². The number of carbonyl (C=O) groups excluding carboxylic acids is 1. The Balaban J connectivity index is 1.48. The molecule has 0 heterocycles. The molecule has 0 bridgehead atoms. The van der Waals surface area contributed by atoms with Crippen LogP contribution in [0.3, 0.4) is 0 Å². The zero-order valence-electron chi connectivity index (χ0n) is 18.6. The smallest absolute Gasteiger partial charge is 0.338 e. The first kappa shape index (κ1) is 22.0. The van der Waals surface area contributed by atoms with Crippen molar-refractivity contribution in [3.63, 3.8) is 0 Å². The minimum absolute atomic E-state index is 0.127. The number of rotatable bonds is 8. The highest BCUT2D eigenvalue weighted by Crippen LogP contribution is 2.31. The van der Waals surface area contributed by atoms with Crippen LogP contribution in [0.4, 0.5) is 0 Å². The Hall–Kier alpha value is -4.25. The van der Waals surface area contributed by atoms with E-state index >= 15 is 0 Å². The summed E-state index contributed by atoms with van der Waals surface area (Å²) in [5.41, 5.74) is 0.356. The van der Waals surface area contributed by atoms with Crippen molar-refractivity contribution in [2.24, 2.45) is 0 Å². The highest BCUT2D eigenvalue weighted by atomic mass is 16.7. The normalized spacial score (nSPS) is 10.6. The largest absolute Gasteiger partial charge is 0.463 e. The third kappa shape index (κ3) is 5.52. The number of hydrogen-bond donors (Lipinski definition) is 0. The van der Waals surface area contributed by atoms with Crippen molar-refractivity contribution in [1.29, 1.82) is 0 Å². The summed E-state index contributed by atoms with van der Waals surface area (Å²) in [6.07, 6.45) is 0. The first-order chi connectivity index (χ1) is 15.9. The second-order valence-corrected chi connectivity index (χ2v) is 7.72. The average molecular weight is 440 g/mol. The lowest BCUT2D eigenvalue weighted by atomic mass is 10.1. The molecule has 0 aliphatic heterocycles. The van der Waals surface area contributed by atoms with E-state index in [0.717, 1.165) is 33.0 Å². The molecule has 33 heavy (non-hydrogen) atoms. The number of ether oxygens (including phenoxy) is 4. The zero-order chi connectivity index (χ0) is 23.4. The molecule has 0 unspecified atom stereocenters. The lowest BCUT2D eigenvalue weighted by Gasteiger charge is -2.11. The molecular formula is C28H24O5. The van der Waals surface area contributed by atoms with Gasteiger partial charge < -0.3 is 18.9 Å². The Morgan fingerprint density at radius 1 is 0.697 bits per heavy atom. The summed E-state index contributed by atoms with van der Waals surface area (Å²) in [6.45, 7) is 10.8. The maximum absolute atomic E-state index is 11.7. The van der Waals surface area contributed by atoms with E-state index in [1.54, 1.807) is 19.9 Å². The summed E-state index contributed by atoms with van der Waals surface area (Å²) in [5.74, 6) is 2.81. The summed E-state index contributed by atoms with van der Waals surface area (Å²) in [4.78, 5) is 11.7. The van der Waals surface area contributed by atoms with E-state index in [4.69, 9.17) is 18.9 Å². The van der Waals surface area contributed by atoms with Crippen LogP contribution >= 0.6 is 0 Å². The Labute approximate surface area is 192 Å². The van der Waals surface area contributed by atoms with Crippen LogP contribution < -0.4 is 14.2 Å². The van der Waals surface area contributed by atoms with Crippen molar-refractivity contribution in [2.45, 2.75) is 13.8 Å². The van der Waals surface area contributed by atoms with Crippen molar-refractivity contribution in [2.75, 3.05) is 6.79 Å². The van der Waals surface area contributed by atoms with Crippen molar-refractivity contribution in [1.82, 2.24) is 0 Å². The highest BCUT2D eigenvalue weighted by molar-refractivity contribution is 5.90. The van der Waals surface area contributed by atoms with Crippen LogP contribution in [0.15, 0.2) is 97.3 Å². The average Bonchev–Trinajstić information content (AvgIpc) is 2.79. The number of hydrogen-bond acceptors (Lipinski definition) is 5. The quantitative estimate of drug-likeness (QED) is 0.0957. The standard InChI is InChI=1S/C28H24O5/c1-18(2)28(29)33-27-12-8-22-15-26(11-7-23(22)16-27)32-25-10-6-20-13-24(9-5-21(20)14-25)31-17-30-19(3)4/h5-16H,1,3,17H2,2,4H3. The van der Waals surface area contributed by atoms with E-state index in [9.17, 15) is 4.79 Å². The van der Waals surface area contributed by atoms with Crippen LogP contribution in [-0.2, 0) is 9.53 Å². The van der Waals surface area contributed by atoms with Crippen LogP contribution in [0.5, 0.6) is 23.0 Å². The fourth-order valence-electron chi connectivity index (χ4n) is 3.21. The summed E-state index contributed by atoms with van der Waals surface area (Å²) in [7, 11) is 0.